The summed E-state index contributed by atoms with van der Waals surface area (Å²) < 4.78 is 33.7. The van der Waals surface area contributed by atoms with Crippen LogP contribution in [0.4, 0.5) is 0 Å². The molecule has 0 N–H and O–H groups in total. The van der Waals surface area contributed by atoms with Crippen molar-refractivity contribution in [2.24, 2.45) is 5.92 Å². The molecule has 0 amide bonds. The number of hydrogen-bond donors (Lipinski definition) is 0. The minimum absolute atomic E-state index is 0.108. The molecule has 3 aliphatic rings. The zero-order valence-electron chi connectivity index (χ0n) is 16.5. The van der Waals surface area contributed by atoms with Crippen molar-refractivity contribution in [3.8, 4) is 28.7 Å². The van der Waals surface area contributed by atoms with Crippen LogP contribution in [0.2, 0.25) is 0 Å². The number of Topliss-reactive ketones (excluding diaryl/α,β-unsaturated/α-hetero) is 1. The Balaban J connectivity index is 1.73. The normalized spacial score (nSPS) is 24.1. The Labute approximate surface area is 168 Å². The van der Waals surface area contributed by atoms with E-state index in [-0.39, 0.29) is 37.1 Å². The van der Waals surface area contributed by atoms with Crippen molar-refractivity contribution in [3.05, 3.63) is 41.0 Å². The molecule has 1 aliphatic carbocycles. The van der Waals surface area contributed by atoms with Crippen molar-refractivity contribution in [2.45, 2.75) is 18.4 Å². The van der Waals surface area contributed by atoms with Crippen LogP contribution in [0.25, 0.3) is 0 Å². The molecule has 7 nitrogen and oxygen atoms in total. The maximum atomic E-state index is 12.8. The van der Waals surface area contributed by atoms with Gasteiger partial charge in [0.05, 0.1) is 33.4 Å². The molecule has 1 saturated heterocycles. The van der Waals surface area contributed by atoms with Gasteiger partial charge in [-0.3, -0.25) is 4.79 Å². The van der Waals surface area contributed by atoms with E-state index in [1.165, 1.54) is 0 Å². The molecule has 3 atom stereocenters. The first kappa shape index (κ1) is 18.1. The molecule has 0 radical (unpaired) electrons. The van der Waals surface area contributed by atoms with Gasteiger partial charge >= 0.3 is 0 Å². The van der Waals surface area contributed by atoms with Gasteiger partial charge in [-0.2, -0.15) is 0 Å². The number of benzene rings is 2. The lowest BCUT2D eigenvalue weighted by atomic mass is 9.69. The number of fused-ring (bicyclic) bond motifs is 3. The quantitative estimate of drug-likeness (QED) is 0.784. The largest absolute Gasteiger partial charge is 0.493 e. The van der Waals surface area contributed by atoms with Gasteiger partial charge in [-0.25, -0.2) is 0 Å². The summed E-state index contributed by atoms with van der Waals surface area (Å²) in [6.07, 6.45) is 0.386. The van der Waals surface area contributed by atoms with E-state index in [4.69, 9.17) is 28.4 Å². The van der Waals surface area contributed by atoms with E-state index in [1.807, 2.05) is 24.3 Å². The molecular weight excluding hydrogens is 376 g/mol. The third-order valence-corrected chi connectivity index (χ3v) is 6.04. The van der Waals surface area contributed by atoms with Crippen LogP contribution in [0, 0.1) is 5.92 Å². The van der Waals surface area contributed by atoms with Crippen LogP contribution in [-0.4, -0.2) is 46.6 Å². The average Bonchev–Trinajstić information content (AvgIpc) is 3.36. The lowest BCUT2D eigenvalue weighted by Gasteiger charge is -2.35. The molecule has 2 aromatic rings. The Hall–Kier alpha value is -2.93. The summed E-state index contributed by atoms with van der Waals surface area (Å²) in [4.78, 5) is 12.8. The molecule has 0 spiro atoms. The van der Waals surface area contributed by atoms with Crippen molar-refractivity contribution < 1.29 is 33.2 Å². The highest BCUT2D eigenvalue weighted by molar-refractivity contribution is 5.87. The summed E-state index contributed by atoms with van der Waals surface area (Å²) in [6, 6.07) is 7.74. The molecule has 152 valence electrons. The Morgan fingerprint density at radius 3 is 2.59 bits per heavy atom. The third-order valence-electron chi connectivity index (χ3n) is 6.04. The minimum Gasteiger partial charge on any atom is -0.493 e. The number of ether oxygens (including phenoxy) is 6. The maximum absolute atomic E-state index is 12.8. The first-order valence-corrected chi connectivity index (χ1v) is 9.51. The van der Waals surface area contributed by atoms with Crippen LogP contribution in [-0.2, 0) is 16.0 Å². The summed E-state index contributed by atoms with van der Waals surface area (Å²) in [5, 5.41) is 0. The van der Waals surface area contributed by atoms with Crippen LogP contribution in [0.15, 0.2) is 24.3 Å². The predicted molar refractivity (Wildman–Crippen MR) is 102 cm³/mol. The Morgan fingerprint density at radius 1 is 1.00 bits per heavy atom. The highest BCUT2D eigenvalue weighted by Gasteiger charge is 2.48. The van der Waals surface area contributed by atoms with Crippen LogP contribution in [0.3, 0.4) is 0 Å². The fourth-order valence-corrected chi connectivity index (χ4v) is 4.78. The van der Waals surface area contributed by atoms with Gasteiger partial charge in [0.15, 0.2) is 28.8 Å². The highest BCUT2D eigenvalue weighted by Crippen LogP contribution is 2.54. The summed E-state index contributed by atoms with van der Waals surface area (Å²) >= 11 is 0. The summed E-state index contributed by atoms with van der Waals surface area (Å²) in [7, 11) is 4.82. The van der Waals surface area contributed by atoms with Crippen molar-refractivity contribution in [2.75, 3.05) is 34.7 Å². The standard InChI is InChI=1S/C22H22O7/c1-24-15-5-4-11(6-16(15)25-2)19-12-7-18-22(29-10-28-18)21(26-3)13(12)8-17-20(19)14(23)9-27-17/h4-7,17,19-20H,8-10H2,1-3H3. The molecule has 29 heavy (non-hydrogen) atoms. The Morgan fingerprint density at radius 2 is 1.83 bits per heavy atom. The third kappa shape index (κ3) is 2.64. The van der Waals surface area contributed by atoms with Crippen molar-refractivity contribution in [3.63, 3.8) is 0 Å². The van der Waals surface area contributed by atoms with Crippen LogP contribution in [0.5, 0.6) is 28.7 Å². The van der Waals surface area contributed by atoms with Crippen molar-refractivity contribution in [1.82, 2.24) is 0 Å². The molecule has 1 fully saturated rings. The van der Waals surface area contributed by atoms with Crippen LogP contribution < -0.4 is 23.7 Å². The first-order chi connectivity index (χ1) is 14.2. The maximum Gasteiger partial charge on any atom is 0.231 e. The fraction of sp³-hybridized carbons (Fsp3) is 0.409. The predicted octanol–water partition coefficient (Wildman–Crippen LogP) is 2.71. The monoisotopic (exact) mass is 398 g/mol. The Kier molecular flexibility index (Phi) is 4.28. The fourth-order valence-electron chi connectivity index (χ4n) is 4.78. The second-order valence-corrected chi connectivity index (χ2v) is 7.35. The SMILES string of the molecule is COc1ccc(C2c3cc4c(c(OC)c3CC3OCC(=O)C32)OCO4)cc1OC. The summed E-state index contributed by atoms with van der Waals surface area (Å²) in [5.74, 6) is 2.79. The van der Waals surface area contributed by atoms with E-state index in [9.17, 15) is 4.79 Å². The van der Waals surface area contributed by atoms with Crippen molar-refractivity contribution in [1.29, 1.82) is 0 Å². The zero-order valence-corrected chi connectivity index (χ0v) is 16.5. The number of methoxy groups -OCH3 is 3. The summed E-state index contributed by atoms with van der Waals surface area (Å²) in [5.41, 5.74) is 2.95. The van der Waals surface area contributed by atoms with E-state index in [0.29, 0.717) is 35.2 Å². The molecule has 0 aromatic heterocycles. The van der Waals surface area contributed by atoms with Gasteiger partial charge in [-0.1, -0.05) is 6.07 Å². The van der Waals surface area contributed by atoms with Gasteiger partial charge in [-0.15, -0.1) is 0 Å². The topological polar surface area (TPSA) is 72.5 Å². The van der Waals surface area contributed by atoms with Gasteiger partial charge < -0.3 is 28.4 Å². The minimum atomic E-state index is -0.273. The van der Waals surface area contributed by atoms with Gasteiger partial charge in [0.1, 0.15) is 6.61 Å². The number of ketones is 1. The number of hydrogen-bond acceptors (Lipinski definition) is 7. The molecule has 2 heterocycles. The van der Waals surface area contributed by atoms with Gasteiger partial charge in [0.2, 0.25) is 12.5 Å². The molecule has 0 saturated carbocycles. The summed E-state index contributed by atoms with van der Waals surface area (Å²) in [6.45, 7) is 0.278. The molecular formula is C22H22O7. The zero-order chi connectivity index (χ0) is 20.1. The molecule has 2 aromatic carbocycles. The van der Waals surface area contributed by atoms with E-state index in [0.717, 1.165) is 16.7 Å². The van der Waals surface area contributed by atoms with E-state index in [2.05, 4.69) is 0 Å². The highest BCUT2D eigenvalue weighted by atomic mass is 16.7. The average molecular weight is 398 g/mol. The molecule has 0 bridgehead atoms. The smallest absolute Gasteiger partial charge is 0.231 e. The number of rotatable bonds is 4. The first-order valence-electron chi connectivity index (χ1n) is 9.51. The molecule has 7 heteroatoms. The lowest BCUT2D eigenvalue weighted by molar-refractivity contribution is -0.120. The number of carbonyl (C=O) groups is 1. The lowest BCUT2D eigenvalue weighted by Crippen LogP contribution is -2.35. The Bertz CT molecular complexity index is 984. The van der Waals surface area contributed by atoms with E-state index < -0.39 is 0 Å². The van der Waals surface area contributed by atoms with Crippen molar-refractivity contribution >= 4 is 5.78 Å². The molecule has 2 aliphatic heterocycles. The van der Waals surface area contributed by atoms with E-state index in [1.54, 1.807) is 21.3 Å². The molecule has 5 rings (SSSR count). The van der Waals surface area contributed by atoms with Gasteiger partial charge in [0.25, 0.3) is 0 Å². The molecule has 3 unspecified atom stereocenters. The second-order valence-electron chi connectivity index (χ2n) is 7.35. The van der Waals surface area contributed by atoms with Gasteiger partial charge in [0, 0.05) is 17.9 Å². The van der Waals surface area contributed by atoms with Crippen LogP contribution in [0.1, 0.15) is 22.6 Å². The van der Waals surface area contributed by atoms with Crippen LogP contribution >= 0.6 is 0 Å². The van der Waals surface area contributed by atoms with Gasteiger partial charge in [-0.05, 0) is 29.3 Å². The van der Waals surface area contributed by atoms with E-state index >= 15 is 0 Å². The second kappa shape index (κ2) is 6.84. The number of carbonyl (C=O) groups excluding carboxylic acids is 1.